The molecular formula is C24H28N4O4. The Hall–Kier alpha value is -3.52. The van der Waals surface area contributed by atoms with Crippen molar-refractivity contribution in [2.45, 2.75) is 6.04 Å². The van der Waals surface area contributed by atoms with Gasteiger partial charge < -0.3 is 25.0 Å². The largest absolute Gasteiger partial charge is 0.497 e. The van der Waals surface area contributed by atoms with Crippen molar-refractivity contribution >= 4 is 17.7 Å². The fourth-order valence-corrected chi connectivity index (χ4v) is 4.18. The Labute approximate surface area is 187 Å². The maximum Gasteiger partial charge on any atom is 0.338 e. The summed E-state index contributed by atoms with van der Waals surface area (Å²) in [6.07, 6.45) is 0. The summed E-state index contributed by atoms with van der Waals surface area (Å²) in [6, 6.07) is 16.6. The summed E-state index contributed by atoms with van der Waals surface area (Å²) in [5.74, 6) is 0.388. The predicted molar refractivity (Wildman–Crippen MR) is 122 cm³/mol. The highest BCUT2D eigenvalue weighted by Gasteiger charge is 2.34. The minimum atomic E-state index is -0.550. The molecule has 1 atom stereocenters. The second-order valence-corrected chi connectivity index (χ2v) is 7.79. The monoisotopic (exact) mass is 436 g/mol. The van der Waals surface area contributed by atoms with E-state index in [4.69, 9.17) is 9.47 Å². The standard InChI is InChI=1S/C24H28N4O4/c1-31-19-10-6-9-18(15-19)28-13-11-27(12-14-28)16-20-21(23(29)32-2)22(26-24(30)25-20)17-7-4-3-5-8-17/h3-10,15,22H,11-14,16H2,1-2H3,(H2,25,26,30). The first kappa shape index (κ1) is 21.7. The van der Waals surface area contributed by atoms with Gasteiger partial charge in [-0.2, -0.15) is 0 Å². The average Bonchev–Trinajstić information content (AvgIpc) is 2.84. The first-order valence-electron chi connectivity index (χ1n) is 10.6. The number of urea groups is 1. The fraction of sp³-hybridized carbons (Fsp3) is 0.333. The molecule has 2 aliphatic heterocycles. The first-order valence-corrected chi connectivity index (χ1v) is 10.6. The lowest BCUT2D eigenvalue weighted by molar-refractivity contribution is -0.136. The van der Waals surface area contributed by atoms with E-state index in [0.717, 1.165) is 43.2 Å². The molecule has 0 aromatic heterocycles. The number of hydrogen-bond donors (Lipinski definition) is 2. The number of nitrogens with zero attached hydrogens (tertiary/aromatic N) is 2. The molecule has 1 saturated heterocycles. The second kappa shape index (κ2) is 9.74. The number of piperazine rings is 1. The van der Waals surface area contributed by atoms with Crippen molar-refractivity contribution in [2.75, 3.05) is 51.8 Å². The van der Waals surface area contributed by atoms with Crippen LogP contribution in [0.4, 0.5) is 10.5 Å². The molecule has 2 amide bonds. The second-order valence-electron chi connectivity index (χ2n) is 7.79. The Bertz CT molecular complexity index is 1000. The van der Waals surface area contributed by atoms with E-state index in [2.05, 4.69) is 26.5 Å². The summed E-state index contributed by atoms with van der Waals surface area (Å²) in [4.78, 5) is 29.6. The highest BCUT2D eigenvalue weighted by molar-refractivity contribution is 5.95. The zero-order chi connectivity index (χ0) is 22.5. The molecule has 0 radical (unpaired) electrons. The van der Waals surface area contributed by atoms with Crippen LogP contribution in [0.1, 0.15) is 11.6 Å². The van der Waals surface area contributed by atoms with Crippen molar-refractivity contribution < 1.29 is 19.1 Å². The molecule has 168 valence electrons. The minimum absolute atomic E-state index is 0.323. The number of nitrogens with one attached hydrogen (secondary N) is 2. The van der Waals surface area contributed by atoms with Crippen LogP contribution in [0, 0.1) is 0 Å². The lowest BCUT2D eigenvalue weighted by atomic mass is 9.95. The molecule has 0 saturated carbocycles. The number of rotatable bonds is 6. The number of methoxy groups -OCH3 is 2. The number of anilines is 1. The Kier molecular flexibility index (Phi) is 6.61. The van der Waals surface area contributed by atoms with E-state index in [1.807, 2.05) is 48.5 Å². The Morgan fingerprint density at radius 1 is 1.03 bits per heavy atom. The molecule has 4 rings (SSSR count). The number of carbonyl (C=O) groups excluding carboxylic acids is 2. The van der Waals surface area contributed by atoms with E-state index in [1.165, 1.54) is 7.11 Å². The maximum atomic E-state index is 12.7. The summed E-state index contributed by atoms with van der Waals surface area (Å²) in [5, 5.41) is 5.70. The highest BCUT2D eigenvalue weighted by atomic mass is 16.5. The molecule has 32 heavy (non-hydrogen) atoms. The van der Waals surface area contributed by atoms with Gasteiger partial charge in [0.25, 0.3) is 0 Å². The molecule has 2 heterocycles. The van der Waals surface area contributed by atoms with Gasteiger partial charge in [-0.05, 0) is 17.7 Å². The van der Waals surface area contributed by atoms with Crippen molar-refractivity contribution in [1.82, 2.24) is 15.5 Å². The summed E-state index contributed by atoms with van der Waals surface area (Å²) in [6.45, 7) is 3.74. The van der Waals surface area contributed by atoms with Crippen molar-refractivity contribution in [2.24, 2.45) is 0 Å². The van der Waals surface area contributed by atoms with Gasteiger partial charge in [-0.25, -0.2) is 9.59 Å². The minimum Gasteiger partial charge on any atom is -0.497 e. The third kappa shape index (κ3) is 4.70. The van der Waals surface area contributed by atoms with Crippen molar-refractivity contribution in [1.29, 1.82) is 0 Å². The highest BCUT2D eigenvalue weighted by Crippen LogP contribution is 2.28. The number of benzene rings is 2. The Morgan fingerprint density at radius 3 is 2.47 bits per heavy atom. The summed E-state index contributed by atoms with van der Waals surface area (Å²) in [7, 11) is 3.03. The van der Waals surface area contributed by atoms with Crippen LogP contribution in [0.2, 0.25) is 0 Å². The van der Waals surface area contributed by atoms with E-state index < -0.39 is 12.0 Å². The van der Waals surface area contributed by atoms with E-state index in [-0.39, 0.29) is 6.03 Å². The molecule has 1 fully saturated rings. The topological polar surface area (TPSA) is 83.1 Å². The van der Waals surface area contributed by atoms with E-state index >= 15 is 0 Å². The zero-order valence-electron chi connectivity index (χ0n) is 18.3. The lowest BCUT2D eigenvalue weighted by Crippen LogP contribution is -2.51. The number of amides is 2. The lowest BCUT2D eigenvalue weighted by Gasteiger charge is -2.38. The van der Waals surface area contributed by atoms with Crippen molar-refractivity contribution in [3.05, 3.63) is 71.4 Å². The molecule has 0 spiro atoms. The molecule has 2 aromatic carbocycles. The maximum absolute atomic E-state index is 12.7. The molecule has 0 aliphatic carbocycles. The van der Waals surface area contributed by atoms with E-state index in [0.29, 0.717) is 17.8 Å². The van der Waals surface area contributed by atoms with Gasteiger partial charge in [0.1, 0.15) is 5.75 Å². The van der Waals surface area contributed by atoms with Gasteiger partial charge in [0.2, 0.25) is 0 Å². The molecule has 2 aromatic rings. The smallest absolute Gasteiger partial charge is 0.338 e. The number of hydrogen-bond acceptors (Lipinski definition) is 6. The van der Waals surface area contributed by atoms with Gasteiger partial charge in [0, 0.05) is 50.2 Å². The van der Waals surface area contributed by atoms with Crippen LogP contribution in [-0.2, 0) is 9.53 Å². The van der Waals surface area contributed by atoms with Crippen LogP contribution in [0.5, 0.6) is 5.75 Å². The number of ether oxygens (including phenoxy) is 2. The van der Waals surface area contributed by atoms with Crippen LogP contribution >= 0.6 is 0 Å². The van der Waals surface area contributed by atoms with Crippen LogP contribution < -0.4 is 20.3 Å². The first-order chi connectivity index (χ1) is 15.6. The summed E-state index contributed by atoms with van der Waals surface area (Å²) < 4.78 is 10.4. The van der Waals surface area contributed by atoms with E-state index in [1.54, 1.807) is 7.11 Å². The molecule has 2 N–H and O–H groups in total. The van der Waals surface area contributed by atoms with Crippen LogP contribution in [-0.4, -0.2) is 63.8 Å². The van der Waals surface area contributed by atoms with E-state index in [9.17, 15) is 9.59 Å². The van der Waals surface area contributed by atoms with Gasteiger partial charge >= 0.3 is 12.0 Å². The van der Waals surface area contributed by atoms with Gasteiger partial charge in [0.05, 0.1) is 25.8 Å². The third-order valence-corrected chi connectivity index (χ3v) is 5.86. The fourth-order valence-electron chi connectivity index (χ4n) is 4.18. The Morgan fingerprint density at radius 2 is 1.78 bits per heavy atom. The van der Waals surface area contributed by atoms with Gasteiger partial charge in [-0.1, -0.05) is 36.4 Å². The molecule has 8 nitrogen and oxygen atoms in total. The average molecular weight is 437 g/mol. The molecule has 2 aliphatic rings. The number of esters is 1. The summed E-state index contributed by atoms with van der Waals surface area (Å²) >= 11 is 0. The van der Waals surface area contributed by atoms with Crippen molar-refractivity contribution in [3.8, 4) is 5.75 Å². The van der Waals surface area contributed by atoms with Gasteiger partial charge in [-0.15, -0.1) is 0 Å². The number of carbonyl (C=O) groups is 2. The normalized spacial score (nSPS) is 19.2. The molecule has 0 bridgehead atoms. The van der Waals surface area contributed by atoms with Gasteiger partial charge in [-0.3, -0.25) is 4.90 Å². The quantitative estimate of drug-likeness (QED) is 0.677. The summed E-state index contributed by atoms with van der Waals surface area (Å²) in [5.41, 5.74) is 2.98. The SMILES string of the molecule is COC(=O)C1=C(CN2CCN(c3cccc(OC)c3)CC2)NC(=O)NC1c1ccccc1. The van der Waals surface area contributed by atoms with Crippen LogP contribution in [0.3, 0.4) is 0 Å². The van der Waals surface area contributed by atoms with Crippen molar-refractivity contribution in [3.63, 3.8) is 0 Å². The van der Waals surface area contributed by atoms with Crippen LogP contribution in [0.15, 0.2) is 65.9 Å². The Balaban J connectivity index is 1.51. The zero-order valence-corrected chi connectivity index (χ0v) is 18.3. The molecular weight excluding hydrogens is 408 g/mol. The molecule has 1 unspecified atom stereocenters. The van der Waals surface area contributed by atoms with Gasteiger partial charge in [0.15, 0.2) is 0 Å². The molecule has 8 heteroatoms. The predicted octanol–water partition coefficient (Wildman–Crippen LogP) is 2.30. The third-order valence-electron chi connectivity index (χ3n) is 5.86. The van der Waals surface area contributed by atoms with Crippen LogP contribution in [0.25, 0.3) is 0 Å².